The van der Waals surface area contributed by atoms with Gasteiger partial charge in [-0.25, -0.2) is 4.98 Å². The zero-order chi connectivity index (χ0) is 23.0. The zero-order valence-electron chi connectivity index (χ0n) is 17.3. The van der Waals surface area contributed by atoms with Crippen LogP contribution in [0.5, 0.6) is 0 Å². The van der Waals surface area contributed by atoms with Gasteiger partial charge in [-0.15, -0.1) is 33.3 Å². The average Bonchev–Trinajstić information content (AvgIpc) is 3.37. The molecule has 0 radical (unpaired) electrons. The molecule has 0 spiro atoms. The van der Waals surface area contributed by atoms with Crippen LogP contribution in [0, 0.1) is 0 Å². The van der Waals surface area contributed by atoms with Crippen molar-refractivity contribution in [2.45, 2.75) is 16.6 Å². The topological polar surface area (TPSA) is 192 Å². The molecule has 1 unspecified atom stereocenters. The van der Waals surface area contributed by atoms with Gasteiger partial charge in [-0.05, 0) is 5.57 Å². The van der Waals surface area contributed by atoms with Crippen molar-refractivity contribution in [3.05, 3.63) is 28.7 Å². The monoisotopic (exact) mass is 518 g/mol. The number of anilines is 1. The molecule has 168 valence electrons. The second-order valence-corrected chi connectivity index (χ2v) is 9.57. The maximum absolute atomic E-state index is 12.7. The second-order valence-electron chi connectivity index (χ2n) is 6.63. The number of carboxylic acids is 1. The molecule has 2 atom stereocenters. The fraction of sp³-hybridized carbons (Fsp3) is 0.312. The number of thiazole rings is 1. The first-order valence-electron chi connectivity index (χ1n) is 8.91. The Morgan fingerprint density at radius 1 is 1.48 bits per heavy atom. The molecule has 2 amide bonds. The number of fused-ring (bicyclic) bond motifs is 1. The van der Waals surface area contributed by atoms with E-state index in [-0.39, 0.29) is 51.8 Å². The number of amides is 2. The molecule has 4 rings (SSSR count). The molecule has 17 heteroatoms. The molecule has 0 bridgehead atoms. The molecule has 4 heterocycles. The molecule has 2 aliphatic heterocycles. The van der Waals surface area contributed by atoms with Crippen molar-refractivity contribution in [2.75, 3.05) is 17.2 Å². The van der Waals surface area contributed by atoms with Gasteiger partial charge in [0.1, 0.15) is 23.4 Å². The summed E-state index contributed by atoms with van der Waals surface area (Å²) < 4.78 is 1.69. The van der Waals surface area contributed by atoms with Crippen LogP contribution >= 0.6 is 34.9 Å². The number of aryl methyl sites for hydroxylation is 1. The predicted molar refractivity (Wildman–Crippen MR) is 114 cm³/mol. The van der Waals surface area contributed by atoms with Crippen LogP contribution in [0.4, 0.5) is 5.13 Å². The summed E-state index contributed by atoms with van der Waals surface area (Å²) in [5, 5.41) is 35.8. The van der Waals surface area contributed by atoms with Crippen molar-refractivity contribution in [3.8, 4) is 0 Å². The Labute approximate surface area is 221 Å². The van der Waals surface area contributed by atoms with Gasteiger partial charge in [0.05, 0.1) is 11.7 Å². The second kappa shape index (κ2) is 10.4. The number of aromatic nitrogens is 4. The Hall–Kier alpha value is -2.11. The van der Waals surface area contributed by atoms with Crippen LogP contribution in [0.25, 0.3) is 0 Å². The zero-order valence-corrected chi connectivity index (χ0v) is 21.7. The molecular formula is C16H15N8NaO5S3. The van der Waals surface area contributed by atoms with Gasteiger partial charge in [0.2, 0.25) is 0 Å². The predicted octanol–water partition coefficient (Wildman–Crippen LogP) is -4.77. The van der Waals surface area contributed by atoms with Crippen LogP contribution < -0.4 is 45.7 Å². The minimum absolute atomic E-state index is 0. The van der Waals surface area contributed by atoms with E-state index in [1.54, 1.807) is 11.6 Å². The number of hydrogen-bond acceptors (Lipinski definition) is 13. The number of rotatable bonds is 7. The summed E-state index contributed by atoms with van der Waals surface area (Å²) in [5.41, 5.74) is 5.50. The number of nitrogens with two attached hydrogens (primary N) is 1. The largest absolute Gasteiger partial charge is 1.00 e. The Balaban J connectivity index is 0.00000306. The fourth-order valence-corrected chi connectivity index (χ4v) is 6.08. The van der Waals surface area contributed by atoms with Gasteiger partial charge in [0, 0.05) is 23.9 Å². The summed E-state index contributed by atoms with van der Waals surface area (Å²) in [5.74, 6) is -2.32. The van der Waals surface area contributed by atoms with Crippen molar-refractivity contribution in [2.24, 2.45) is 12.2 Å². The van der Waals surface area contributed by atoms with Crippen LogP contribution in [-0.4, -0.2) is 76.3 Å². The van der Waals surface area contributed by atoms with Crippen LogP contribution in [-0.2, 0) is 21.4 Å². The normalized spacial score (nSPS) is 20.1. The Kier molecular flexibility index (Phi) is 8.07. The third kappa shape index (κ3) is 4.90. The summed E-state index contributed by atoms with van der Waals surface area (Å²) in [6.07, 6.45) is 1.53. The van der Waals surface area contributed by atoms with Gasteiger partial charge in [0.15, 0.2) is 16.0 Å². The molecule has 0 aliphatic carbocycles. The van der Waals surface area contributed by atoms with E-state index < -0.39 is 34.9 Å². The van der Waals surface area contributed by atoms with Crippen LogP contribution in [0.2, 0.25) is 0 Å². The molecule has 2 aliphatic rings. The van der Waals surface area contributed by atoms with E-state index in [4.69, 9.17) is 5.73 Å². The molecule has 1 saturated heterocycles. The van der Waals surface area contributed by atoms with E-state index in [2.05, 4.69) is 25.7 Å². The summed E-state index contributed by atoms with van der Waals surface area (Å²) >= 11 is 3.65. The maximum atomic E-state index is 12.7. The van der Waals surface area contributed by atoms with Gasteiger partial charge in [-0.1, -0.05) is 16.9 Å². The SMILES string of the molecule is Cn1cnnc1SCC1=C(C(=O)[O-])N2C(=O)C(NC(=O)/C(=N\O)c3csc(N)n3)[C@H]2SC1.[Na+]. The van der Waals surface area contributed by atoms with E-state index in [0.717, 1.165) is 16.2 Å². The Morgan fingerprint density at radius 3 is 2.82 bits per heavy atom. The quantitative estimate of drug-likeness (QED) is 0.0796. The molecule has 0 saturated carbocycles. The molecular weight excluding hydrogens is 503 g/mol. The Morgan fingerprint density at radius 2 is 2.24 bits per heavy atom. The summed E-state index contributed by atoms with van der Waals surface area (Å²) in [4.78, 5) is 42.1. The van der Waals surface area contributed by atoms with Crippen LogP contribution in [0.3, 0.4) is 0 Å². The van der Waals surface area contributed by atoms with E-state index in [1.807, 2.05) is 0 Å². The minimum Gasteiger partial charge on any atom is -0.543 e. The third-order valence-electron chi connectivity index (χ3n) is 4.65. The molecule has 0 aromatic carbocycles. The van der Waals surface area contributed by atoms with Gasteiger partial charge >= 0.3 is 29.6 Å². The van der Waals surface area contributed by atoms with Gasteiger partial charge < -0.3 is 30.7 Å². The molecule has 2 aromatic heterocycles. The van der Waals surface area contributed by atoms with E-state index in [1.165, 1.54) is 35.2 Å². The number of carbonyl (C=O) groups excluding carboxylic acids is 3. The van der Waals surface area contributed by atoms with Crippen molar-refractivity contribution in [1.82, 2.24) is 30.0 Å². The number of nitrogens with one attached hydrogen (secondary N) is 1. The number of oxime groups is 1. The van der Waals surface area contributed by atoms with E-state index >= 15 is 0 Å². The van der Waals surface area contributed by atoms with Gasteiger partial charge in [-0.2, -0.15) is 0 Å². The molecule has 2 aromatic rings. The maximum Gasteiger partial charge on any atom is 1.00 e. The van der Waals surface area contributed by atoms with E-state index in [9.17, 15) is 24.7 Å². The number of nitrogen functional groups attached to an aromatic ring is 1. The number of β-lactam (4-membered cyclic amide) rings is 1. The van der Waals surface area contributed by atoms with Gasteiger partial charge in [0.25, 0.3) is 11.8 Å². The summed E-state index contributed by atoms with van der Waals surface area (Å²) in [6.45, 7) is 0. The molecule has 13 nitrogen and oxygen atoms in total. The Bertz CT molecular complexity index is 1160. The number of carbonyl (C=O) groups is 3. The number of nitrogens with zero attached hydrogens (tertiary/aromatic N) is 6. The van der Waals surface area contributed by atoms with E-state index in [0.29, 0.717) is 16.5 Å². The minimum atomic E-state index is -1.47. The molecule has 4 N–H and O–H groups in total. The van der Waals surface area contributed by atoms with Crippen LogP contribution in [0.15, 0.2) is 33.3 Å². The number of thioether (sulfide) groups is 2. The average molecular weight is 519 g/mol. The van der Waals surface area contributed by atoms with Crippen molar-refractivity contribution in [3.63, 3.8) is 0 Å². The van der Waals surface area contributed by atoms with Crippen molar-refractivity contribution >= 4 is 63.5 Å². The number of aliphatic carboxylic acids is 1. The fourth-order valence-electron chi connectivity index (χ4n) is 3.16. The number of hydrogen-bond donors (Lipinski definition) is 3. The summed E-state index contributed by atoms with van der Waals surface area (Å²) in [7, 11) is 1.76. The van der Waals surface area contributed by atoms with Crippen molar-refractivity contribution < 1.29 is 54.3 Å². The molecule has 33 heavy (non-hydrogen) atoms. The van der Waals surface area contributed by atoms with Crippen LogP contribution in [0.1, 0.15) is 5.69 Å². The van der Waals surface area contributed by atoms with Crippen molar-refractivity contribution in [1.29, 1.82) is 0 Å². The standard InChI is InChI=1S/C16H16N8O5S3.Na/c1-23-5-18-21-16(23)32-3-6-2-30-13-9(12(26)24(13)10(6)14(27)28)20-11(25)8(22-29)7-4-31-15(17)19-7;/h4-5,9,13,29H,2-3H2,1H3,(H2,17,19)(H,20,25)(H,27,28);/q;+1/p-1/b22-8-;/t9?,13-;/m1./s1. The van der Waals surface area contributed by atoms with Gasteiger partial charge in [-0.3, -0.25) is 14.5 Å². The first kappa shape index (κ1) is 25.5. The summed E-state index contributed by atoms with van der Waals surface area (Å²) in [6, 6.07) is -0.998. The third-order valence-corrected chi connectivity index (χ3v) is 7.79. The number of carboxylic acid groups (broad SMARTS) is 1. The molecule has 1 fully saturated rings. The first-order valence-corrected chi connectivity index (χ1v) is 11.8. The first-order chi connectivity index (χ1) is 15.3. The smallest absolute Gasteiger partial charge is 0.543 e.